The fourth-order valence-electron chi connectivity index (χ4n) is 2.36. The van der Waals surface area contributed by atoms with Gasteiger partial charge in [-0.2, -0.15) is 0 Å². The number of hydrogen-bond acceptors (Lipinski definition) is 6. The summed E-state index contributed by atoms with van der Waals surface area (Å²) in [6, 6.07) is -0.563. The Balaban J connectivity index is 4.26. The molecule has 0 aromatic rings. The van der Waals surface area contributed by atoms with Gasteiger partial charge in [-0.3, -0.25) is 9.59 Å². The molecule has 0 aliphatic rings. The van der Waals surface area contributed by atoms with E-state index in [1.165, 1.54) is 14.2 Å². The van der Waals surface area contributed by atoms with Gasteiger partial charge < -0.3 is 20.1 Å². The molecule has 6 heteroatoms. The molecule has 0 amide bonds. The monoisotopic (exact) mass is 330 g/mol. The smallest absolute Gasteiger partial charge is 0.323 e. The van der Waals surface area contributed by atoms with Gasteiger partial charge in [0.05, 0.1) is 14.2 Å². The van der Waals surface area contributed by atoms with Gasteiger partial charge in [0, 0.05) is 0 Å². The summed E-state index contributed by atoms with van der Waals surface area (Å²) in [5.41, 5.74) is 0. The molecule has 0 spiro atoms. The molecule has 0 saturated carbocycles. The summed E-state index contributed by atoms with van der Waals surface area (Å²) >= 11 is 0. The SMILES string of the molecule is CCC(C)C(NCCCNC(C(=O)OC)C(C)CC)C(=O)OC. The molecule has 0 saturated heterocycles. The topological polar surface area (TPSA) is 76.7 Å². The van der Waals surface area contributed by atoms with Crippen molar-refractivity contribution >= 4 is 11.9 Å². The van der Waals surface area contributed by atoms with E-state index in [1.54, 1.807) is 0 Å². The normalized spacial score (nSPS) is 16.3. The summed E-state index contributed by atoms with van der Waals surface area (Å²) in [4.78, 5) is 23.6. The summed E-state index contributed by atoms with van der Waals surface area (Å²) in [6.07, 6.45) is 2.63. The van der Waals surface area contributed by atoms with Crippen LogP contribution in [0.2, 0.25) is 0 Å². The van der Waals surface area contributed by atoms with Crippen LogP contribution in [0.15, 0.2) is 0 Å². The lowest BCUT2D eigenvalue weighted by molar-refractivity contribution is -0.145. The Morgan fingerprint density at radius 3 is 1.43 bits per heavy atom. The van der Waals surface area contributed by atoms with Gasteiger partial charge in [0.2, 0.25) is 0 Å². The average Bonchev–Trinajstić information content (AvgIpc) is 2.58. The third-order valence-corrected chi connectivity index (χ3v) is 4.42. The third kappa shape index (κ3) is 7.79. The predicted octanol–water partition coefficient (Wildman–Crippen LogP) is 1.73. The van der Waals surface area contributed by atoms with Crippen molar-refractivity contribution in [2.75, 3.05) is 27.3 Å². The van der Waals surface area contributed by atoms with Crippen molar-refractivity contribution in [2.45, 2.75) is 59.0 Å². The van der Waals surface area contributed by atoms with Gasteiger partial charge >= 0.3 is 11.9 Å². The molecule has 0 fully saturated rings. The Bertz CT molecular complexity index is 317. The molecule has 0 aromatic carbocycles. The van der Waals surface area contributed by atoms with Crippen molar-refractivity contribution in [3.05, 3.63) is 0 Å². The molecule has 4 atom stereocenters. The highest BCUT2D eigenvalue weighted by Gasteiger charge is 2.25. The van der Waals surface area contributed by atoms with Crippen LogP contribution in [0.5, 0.6) is 0 Å². The van der Waals surface area contributed by atoms with E-state index in [-0.39, 0.29) is 35.9 Å². The lowest BCUT2D eigenvalue weighted by atomic mass is 9.98. The van der Waals surface area contributed by atoms with E-state index in [2.05, 4.69) is 24.5 Å². The zero-order valence-corrected chi connectivity index (χ0v) is 15.5. The first-order chi connectivity index (χ1) is 10.9. The van der Waals surface area contributed by atoms with Crippen LogP contribution in [0.4, 0.5) is 0 Å². The van der Waals surface area contributed by atoms with Crippen molar-refractivity contribution < 1.29 is 19.1 Å². The number of ether oxygens (including phenoxy) is 2. The first-order valence-corrected chi connectivity index (χ1v) is 8.55. The van der Waals surface area contributed by atoms with Crippen molar-refractivity contribution in [3.63, 3.8) is 0 Å². The number of esters is 2. The van der Waals surface area contributed by atoms with Crippen LogP contribution < -0.4 is 10.6 Å². The fraction of sp³-hybridized carbons (Fsp3) is 0.882. The zero-order valence-electron chi connectivity index (χ0n) is 15.5. The van der Waals surface area contributed by atoms with E-state index >= 15 is 0 Å². The Hall–Kier alpha value is -1.14. The second-order valence-corrected chi connectivity index (χ2v) is 6.03. The summed E-state index contributed by atoms with van der Waals surface area (Å²) in [7, 11) is 2.82. The number of nitrogens with one attached hydrogen (secondary N) is 2. The lowest BCUT2D eigenvalue weighted by Gasteiger charge is -2.23. The molecule has 0 bridgehead atoms. The average molecular weight is 330 g/mol. The zero-order chi connectivity index (χ0) is 17.8. The van der Waals surface area contributed by atoms with Gasteiger partial charge in [-0.05, 0) is 31.3 Å². The fourth-order valence-corrected chi connectivity index (χ4v) is 2.36. The highest BCUT2D eigenvalue weighted by atomic mass is 16.5. The van der Waals surface area contributed by atoms with Crippen molar-refractivity contribution in [1.82, 2.24) is 10.6 Å². The molecule has 2 N–H and O–H groups in total. The van der Waals surface area contributed by atoms with Crippen LogP contribution in [-0.4, -0.2) is 51.3 Å². The van der Waals surface area contributed by atoms with Crippen LogP contribution in [-0.2, 0) is 19.1 Å². The van der Waals surface area contributed by atoms with Gasteiger partial charge in [-0.15, -0.1) is 0 Å². The van der Waals surface area contributed by atoms with Gasteiger partial charge in [0.1, 0.15) is 12.1 Å². The molecule has 0 aliphatic heterocycles. The second-order valence-electron chi connectivity index (χ2n) is 6.03. The van der Waals surface area contributed by atoms with Gasteiger partial charge in [-0.1, -0.05) is 40.5 Å². The molecular formula is C17H34N2O4. The van der Waals surface area contributed by atoms with E-state index in [0.29, 0.717) is 13.1 Å². The summed E-state index contributed by atoms with van der Waals surface area (Å²) in [5.74, 6) is -0.00427. The molecule has 23 heavy (non-hydrogen) atoms. The minimum absolute atomic E-state index is 0.221. The molecular weight excluding hydrogens is 296 g/mol. The largest absolute Gasteiger partial charge is 0.468 e. The lowest BCUT2D eigenvalue weighted by Crippen LogP contribution is -2.45. The van der Waals surface area contributed by atoms with E-state index in [9.17, 15) is 9.59 Å². The van der Waals surface area contributed by atoms with E-state index in [4.69, 9.17) is 9.47 Å². The maximum absolute atomic E-state index is 11.8. The van der Waals surface area contributed by atoms with Crippen LogP contribution in [0, 0.1) is 11.8 Å². The Kier molecular flexibility index (Phi) is 11.7. The molecule has 0 radical (unpaired) electrons. The summed E-state index contributed by atoms with van der Waals surface area (Å²) in [6.45, 7) is 9.54. The number of methoxy groups -OCH3 is 2. The highest BCUT2D eigenvalue weighted by Crippen LogP contribution is 2.10. The minimum atomic E-state index is -0.282. The number of carbonyl (C=O) groups is 2. The standard InChI is InChI=1S/C17H34N2O4/c1-7-12(3)14(16(20)22-5)18-10-9-11-19-15(13(4)8-2)17(21)23-6/h12-15,18-19H,7-11H2,1-6H3. The molecule has 0 rings (SSSR count). The molecule has 4 unspecified atom stereocenters. The van der Waals surface area contributed by atoms with Gasteiger partial charge in [0.25, 0.3) is 0 Å². The number of rotatable bonds is 12. The van der Waals surface area contributed by atoms with Crippen LogP contribution in [0.25, 0.3) is 0 Å². The maximum Gasteiger partial charge on any atom is 0.323 e. The Labute approximate surface area is 140 Å². The van der Waals surface area contributed by atoms with E-state index in [0.717, 1.165) is 19.3 Å². The molecule has 0 heterocycles. The van der Waals surface area contributed by atoms with Crippen LogP contribution in [0.3, 0.4) is 0 Å². The van der Waals surface area contributed by atoms with Crippen LogP contribution in [0.1, 0.15) is 47.0 Å². The number of carbonyl (C=O) groups excluding carboxylic acids is 2. The van der Waals surface area contributed by atoms with Gasteiger partial charge in [0.15, 0.2) is 0 Å². The van der Waals surface area contributed by atoms with E-state index < -0.39 is 0 Å². The molecule has 0 aliphatic carbocycles. The van der Waals surface area contributed by atoms with Crippen molar-refractivity contribution in [3.8, 4) is 0 Å². The maximum atomic E-state index is 11.8. The quantitative estimate of drug-likeness (QED) is 0.419. The molecule has 6 nitrogen and oxygen atoms in total. The first-order valence-electron chi connectivity index (χ1n) is 8.55. The number of hydrogen-bond donors (Lipinski definition) is 2. The summed E-state index contributed by atoms with van der Waals surface area (Å²) < 4.78 is 9.69. The first kappa shape index (κ1) is 21.9. The molecule has 136 valence electrons. The minimum Gasteiger partial charge on any atom is -0.468 e. The van der Waals surface area contributed by atoms with Crippen molar-refractivity contribution in [1.29, 1.82) is 0 Å². The van der Waals surface area contributed by atoms with Crippen molar-refractivity contribution in [2.24, 2.45) is 11.8 Å². The Morgan fingerprint density at radius 1 is 0.826 bits per heavy atom. The van der Waals surface area contributed by atoms with E-state index in [1.807, 2.05) is 13.8 Å². The predicted molar refractivity (Wildman–Crippen MR) is 91.1 cm³/mol. The van der Waals surface area contributed by atoms with Gasteiger partial charge in [-0.25, -0.2) is 0 Å². The van der Waals surface area contributed by atoms with Crippen LogP contribution >= 0.6 is 0 Å². The third-order valence-electron chi connectivity index (χ3n) is 4.42. The summed E-state index contributed by atoms with van der Waals surface area (Å²) in [5, 5.41) is 6.50. The molecule has 0 aromatic heterocycles. The second kappa shape index (κ2) is 12.3. The highest BCUT2D eigenvalue weighted by molar-refractivity contribution is 5.76. The Morgan fingerprint density at radius 2 is 1.17 bits per heavy atom.